The smallest absolute Gasteiger partial charge is 0.415 e. The molecule has 3 unspecified atom stereocenters. The van der Waals surface area contributed by atoms with Gasteiger partial charge in [-0.25, -0.2) is 4.39 Å². The van der Waals surface area contributed by atoms with Crippen LogP contribution in [-0.2, 0) is 10.3 Å². The number of nitrogens with one attached hydrogen (secondary N) is 2. The molecule has 3 N–H and O–H groups in total. The predicted octanol–water partition coefficient (Wildman–Crippen LogP) is 3.41. The zero-order valence-electron chi connectivity index (χ0n) is 15.9. The maximum Gasteiger partial charge on any atom is 0.415 e. The van der Waals surface area contributed by atoms with Crippen molar-refractivity contribution in [2.45, 2.75) is 17.8 Å². The molecule has 1 heterocycles. The van der Waals surface area contributed by atoms with Crippen molar-refractivity contribution in [3.63, 3.8) is 0 Å². The molecule has 0 aliphatic carbocycles. The summed E-state index contributed by atoms with van der Waals surface area (Å²) < 4.78 is 60.2. The lowest BCUT2D eigenvalue weighted by molar-refractivity contribution is -0.221. The highest BCUT2D eigenvalue weighted by molar-refractivity contribution is 7.80. The average Bonchev–Trinajstić information content (AvgIpc) is 3.04. The van der Waals surface area contributed by atoms with E-state index in [1.54, 1.807) is 18.2 Å². The van der Waals surface area contributed by atoms with Crippen LogP contribution in [0.2, 0.25) is 0 Å². The molecule has 0 bridgehead atoms. The molecule has 1 saturated heterocycles. The van der Waals surface area contributed by atoms with Gasteiger partial charge in [-0.3, -0.25) is 10.1 Å². The van der Waals surface area contributed by atoms with Crippen LogP contribution in [0, 0.1) is 11.7 Å². The van der Waals surface area contributed by atoms with Crippen LogP contribution in [-0.4, -0.2) is 35.0 Å². The molecule has 10 heteroatoms. The van der Waals surface area contributed by atoms with Gasteiger partial charge in [-0.2, -0.15) is 13.2 Å². The first kappa shape index (κ1) is 22.7. The highest BCUT2D eigenvalue weighted by Gasteiger charge is 2.59. The first-order chi connectivity index (χ1) is 14.6. The van der Waals surface area contributed by atoms with E-state index in [1.165, 1.54) is 30.3 Å². The van der Waals surface area contributed by atoms with E-state index in [4.69, 9.17) is 17.0 Å². The highest BCUT2D eigenvalue weighted by atomic mass is 32.1. The van der Waals surface area contributed by atoms with Crippen LogP contribution < -0.4 is 10.6 Å². The van der Waals surface area contributed by atoms with Gasteiger partial charge in [0.05, 0.1) is 11.7 Å². The van der Waals surface area contributed by atoms with Crippen molar-refractivity contribution in [1.82, 2.24) is 10.6 Å². The molecule has 0 saturated carbocycles. The molecule has 5 nitrogen and oxygen atoms in total. The number of rotatable bonds is 4. The summed E-state index contributed by atoms with van der Waals surface area (Å²) in [4.78, 5) is 12.4. The molecule has 0 radical (unpaired) electrons. The average molecular weight is 454 g/mol. The third-order valence-corrected chi connectivity index (χ3v) is 5.17. The number of ether oxygens (including phenoxy) is 1. The topological polar surface area (TPSA) is 70.6 Å². The first-order valence-electron chi connectivity index (χ1n) is 9.06. The van der Waals surface area contributed by atoms with Crippen molar-refractivity contribution in [1.29, 1.82) is 0 Å². The Bertz CT molecular complexity index is 1000. The normalized spacial score (nSPS) is 21.8. The number of alkyl halides is 3. The SMILES string of the molecule is C=C1OCC(NC(=S)NC(=O)c2ccccc2)(c2ccccc2F)C1C(O)C(F)(F)F. The Labute approximate surface area is 180 Å². The molecule has 31 heavy (non-hydrogen) atoms. The lowest BCUT2D eigenvalue weighted by atomic mass is 9.76. The van der Waals surface area contributed by atoms with Crippen LogP contribution in [0.15, 0.2) is 66.9 Å². The van der Waals surface area contributed by atoms with Crippen molar-refractivity contribution in [2.24, 2.45) is 5.92 Å². The standard InChI is InChI=1S/C21H18F4N2O3S/c1-12-16(17(28)21(23,24)25)20(11-30-12,14-9-5-6-10-15(14)22)27-19(31)26-18(29)13-7-3-2-4-8-13/h2-10,16-17,28H,1,11H2,(H2,26,27,29,31). The van der Waals surface area contributed by atoms with Gasteiger partial charge < -0.3 is 15.2 Å². The second kappa shape index (κ2) is 8.64. The molecule has 1 aliphatic heterocycles. The third kappa shape index (κ3) is 4.54. The Kier molecular flexibility index (Phi) is 6.33. The number of aliphatic hydroxyl groups is 1. The molecule has 2 aromatic rings. The van der Waals surface area contributed by atoms with Crippen molar-refractivity contribution in [3.8, 4) is 0 Å². The van der Waals surface area contributed by atoms with Crippen LogP contribution in [0.3, 0.4) is 0 Å². The number of hydrogen-bond acceptors (Lipinski definition) is 4. The molecule has 3 rings (SSSR count). The van der Waals surface area contributed by atoms with E-state index in [0.29, 0.717) is 0 Å². The van der Waals surface area contributed by atoms with Crippen LogP contribution in [0.1, 0.15) is 15.9 Å². The second-order valence-electron chi connectivity index (χ2n) is 6.94. The monoisotopic (exact) mass is 454 g/mol. The number of aliphatic hydroxyl groups excluding tert-OH is 1. The lowest BCUT2D eigenvalue weighted by Gasteiger charge is -2.38. The summed E-state index contributed by atoms with van der Waals surface area (Å²) in [6.45, 7) is 2.95. The molecule has 164 valence electrons. The molecule has 0 aromatic heterocycles. The fraction of sp³-hybridized carbons (Fsp3) is 0.238. The summed E-state index contributed by atoms with van der Waals surface area (Å²) in [7, 11) is 0. The number of hydrogen-bond donors (Lipinski definition) is 3. The van der Waals surface area contributed by atoms with Gasteiger partial charge in [0.2, 0.25) is 0 Å². The van der Waals surface area contributed by atoms with E-state index < -0.39 is 47.8 Å². The summed E-state index contributed by atoms with van der Waals surface area (Å²) in [5.74, 6) is -3.69. The molecular weight excluding hydrogens is 436 g/mol. The van der Waals surface area contributed by atoms with Crippen molar-refractivity contribution < 1.29 is 32.2 Å². The number of carbonyl (C=O) groups is 1. The fourth-order valence-corrected chi connectivity index (χ4v) is 3.82. The minimum absolute atomic E-state index is 0.224. The number of amides is 1. The number of benzene rings is 2. The van der Waals surface area contributed by atoms with Gasteiger partial charge in [-0.15, -0.1) is 0 Å². The predicted molar refractivity (Wildman–Crippen MR) is 108 cm³/mol. The van der Waals surface area contributed by atoms with Gasteiger partial charge in [-0.05, 0) is 30.4 Å². The van der Waals surface area contributed by atoms with Gasteiger partial charge in [0.25, 0.3) is 5.91 Å². The van der Waals surface area contributed by atoms with Gasteiger partial charge in [-0.1, -0.05) is 43.0 Å². The Morgan fingerprint density at radius 2 is 1.81 bits per heavy atom. The van der Waals surface area contributed by atoms with Gasteiger partial charge in [0, 0.05) is 11.1 Å². The van der Waals surface area contributed by atoms with Crippen molar-refractivity contribution in [2.75, 3.05) is 6.61 Å². The third-order valence-electron chi connectivity index (χ3n) is 4.97. The van der Waals surface area contributed by atoms with Gasteiger partial charge in [0.1, 0.15) is 18.0 Å². The van der Waals surface area contributed by atoms with E-state index in [9.17, 15) is 27.5 Å². The lowest BCUT2D eigenvalue weighted by Crippen LogP contribution is -2.59. The maximum absolute atomic E-state index is 14.7. The molecule has 1 amide bonds. The van der Waals surface area contributed by atoms with Crippen LogP contribution in [0.4, 0.5) is 17.6 Å². The van der Waals surface area contributed by atoms with Gasteiger partial charge >= 0.3 is 6.18 Å². The zero-order valence-corrected chi connectivity index (χ0v) is 16.8. The van der Waals surface area contributed by atoms with Crippen molar-refractivity contribution in [3.05, 3.63) is 83.9 Å². The van der Waals surface area contributed by atoms with Crippen LogP contribution >= 0.6 is 12.2 Å². The molecule has 0 spiro atoms. The van der Waals surface area contributed by atoms with Crippen molar-refractivity contribution >= 4 is 23.2 Å². The molecule has 3 atom stereocenters. The minimum Gasteiger partial charge on any atom is -0.495 e. The number of halogens is 4. The highest BCUT2D eigenvalue weighted by Crippen LogP contribution is 2.47. The summed E-state index contributed by atoms with van der Waals surface area (Å²) in [5, 5.41) is 14.7. The summed E-state index contributed by atoms with van der Waals surface area (Å²) >= 11 is 5.14. The zero-order chi connectivity index (χ0) is 22.8. The fourth-order valence-electron chi connectivity index (χ4n) is 3.54. The van der Waals surface area contributed by atoms with Crippen LogP contribution in [0.25, 0.3) is 0 Å². The summed E-state index contributed by atoms with van der Waals surface area (Å²) in [6.07, 6.45) is -7.98. The Balaban J connectivity index is 1.99. The number of carbonyl (C=O) groups excluding carboxylic acids is 1. The molecule has 1 fully saturated rings. The largest absolute Gasteiger partial charge is 0.495 e. The van der Waals surface area contributed by atoms with E-state index in [1.807, 2.05) is 0 Å². The van der Waals surface area contributed by atoms with E-state index in [2.05, 4.69) is 17.2 Å². The van der Waals surface area contributed by atoms with E-state index >= 15 is 0 Å². The summed E-state index contributed by atoms with van der Waals surface area (Å²) in [5.41, 5.74) is -1.94. The molecular formula is C21H18F4N2O3S. The second-order valence-corrected chi connectivity index (χ2v) is 7.35. The summed E-state index contributed by atoms with van der Waals surface area (Å²) in [6, 6.07) is 13.1. The molecule has 1 aliphatic rings. The first-order valence-corrected chi connectivity index (χ1v) is 9.47. The Morgan fingerprint density at radius 1 is 1.19 bits per heavy atom. The molecule has 2 aromatic carbocycles. The Morgan fingerprint density at radius 3 is 2.42 bits per heavy atom. The Hall–Kier alpha value is -2.98. The van der Waals surface area contributed by atoms with E-state index in [-0.39, 0.29) is 16.2 Å². The number of thiocarbonyl (C=S) groups is 1. The van der Waals surface area contributed by atoms with Gasteiger partial charge in [0.15, 0.2) is 11.2 Å². The minimum atomic E-state index is -5.05. The van der Waals surface area contributed by atoms with E-state index in [0.717, 1.165) is 6.07 Å². The maximum atomic E-state index is 14.7. The quantitative estimate of drug-likeness (QED) is 0.488. The van der Waals surface area contributed by atoms with Crippen LogP contribution in [0.5, 0.6) is 0 Å².